The second kappa shape index (κ2) is 5.88. The molecule has 0 spiro atoms. The van der Waals surface area contributed by atoms with Gasteiger partial charge in [0.2, 0.25) is 0 Å². The molecule has 0 atom stereocenters. The zero-order valence-electron chi connectivity index (χ0n) is 11.4. The van der Waals surface area contributed by atoms with E-state index in [1.54, 1.807) is 18.2 Å². The molecule has 1 aromatic heterocycles. The molecule has 7 heteroatoms. The number of β-amino-alcohol motifs (C(OH)–C–C–N with tert-alkyl or cyclic N) is 1. The van der Waals surface area contributed by atoms with Crippen LogP contribution in [0.2, 0.25) is 0 Å². The summed E-state index contributed by atoms with van der Waals surface area (Å²) in [5.41, 5.74) is -0.621. The fourth-order valence-corrected chi connectivity index (χ4v) is 2.12. The number of aromatic amines is 1. The smallest absolute Gasteiger partial charge is 0.337 e. The predicted octanol–water partition coefficient (Wildman–Crippen LogP) is 0.856. The van der Waals surface area contributed by atoms with Gasteiger partial charge in [-0.2, -0.15) is 0 Å². The Morgan fingerprint density at radius 3 is 2.43 bits per heavy atom. The second-order valence-electron chi connectivity index (χ2n) is 5.17. The lowest BCUT2D eigenvalue weighted by Gasteiger charge is -2.33. The summed E-state index contributed by atoms with van der Waals surface area (Å²) in [7, 11) is 0. The van der Waals surface area contributed by atoms with Gasteiger partial charge in [0.1, 0.15) is 0 Å². The first-order chi connectivity index (χ1) is 9.80. The van der Waals surface area contributed by atoms with Crippen LogP contribution in [0.5, 0.6) is 0 Å². The summed E-state index contributed by atoms with van der Waals surface area (Å²) in [6.45, 7) is 3.34. The van der Waals surface area contributed by atoms with Gasteiger partial charge in [0.15, 0.2) is 0 Å². The zero-order valence-corrected chi connectivity index (χ0v) is 12.3. The van der Waals surface area contributed by atoms with Gasteiger partial charge >= 0.3 is 5.97 Å². The summed E-state index contributed by atoms with van der Waals surface area (Å²) in [5.74, 6) is -1.07. The maximum Gasteiger partial charge on any atom is 0.337 e. The third-order valence-corrected chi connectivity index (χ3v) is 3.41. The van der Waals surface area contributed by atoms with E-state index in [-0.39, 0.29) is 16.7 Å². The van der Waals surface area contributed by atoms with E-state index in [9.17, 15) is 9.59 Å². The van der Waals surface area contributed by atoms with Gasteiger partial charge in [-0.3, -0.25) is 4.79 Å². The normalized spacial score (nSPS) is 15.8. The van der Waals surface area contributed by atoms with Crippen molar-refractivity contribution in [3.63, 3.8) is 0 Å². The van der Waals surface area contributed by atoms with Gasteiger partial charge in [-0.05, 0) is 19.1 Å². The Balaban J connectivity index is 0.000000225. The number of carboxylic acid groups (broad SMARTS) is 1. The SMILES string of the molecule is CC1(O)CNC1.O=C(O)c1c[nH]c(=O)c2cc(S)ccc12. The predicted molar refractivity (Wildman–Crippen MR) is 82.3 cm³/mol. The van der Waals surface area contributed by atoms with Crippen molar-refractivity contribution in [1.82, 2.24) is 10.3 Å². The van der Waals surface area contributed by atoms with Crippen molar-refractivity contribution in [2.45, 2.75) is 17.4 Å². The van der Waals surface area contributed by atoms with E-state index >= 15 is 0 Å². The number of H-pyrrole nitrogens is 1. The molecule has 0 saturated carbocycles. The summed E-state index contributed by atoms with van der Waals surface area (Å²) in [6.07, 6.45) is 1.20. The van der Waals surface area contributed by atoms with Gasteiger partial charge in [0.25, 0.3) is 5.56 Å². The van der Waals surface area contributed by atoms with Crippen LogP contribution in [0, 0.1) is 0 Å². The van der Waals surface area contributed by atoms with Crippen LogP contribution in [0.25, 0.3) is 10.8 Å². The lowest BCUT2D eigenvalue weighted by molar-refractivity contribution is 0.00877. The molecule has 0 radical (unpaired) electrons. The number of benzene rings is 1. The molecule has 1 saturated heterocycles. The number of fused-ring (bicyclic) bond motifs is 1. The van der Waals surface area contributed by atoms with Crippen LogP contribution in [0.1, 0.15) is 17.3 Å². The van der Waals surface area contributed by atoms with E-state index in [0.717, 1.165) is 13.1 Å². The molecule has 4 N–H and O–H groups in total. The Labute approximate surface area is 126 Å². The molecule has 3 rings (SSSR count). The van der Waals surface area contributed by atoms with Gasteiger partial charge in [-0.25, -0.2) is 4.79 Å². The molecule has 2 aromatic rings. The molecular formula is C14H16N2O4S. The van der Waals surface area contributed by atoms with Crippen molar-refractivity contribution in [3.05, 3.63) is 40.3 Å². The summed E-state index contributed by atoms with van der Waals surface area (Å²) in [4.78, 5) is 25.3. The van der Waals surface area contributed by atoms with Gasteiger partial charge in [-0.15, -0.1) is 12.6 Å². The molecule has 0 bridgehead atoms. The summed E-state index contributed by atoms with van der Waals surface area (Å²) in [6, 6.07) is 4.78. The van der Waals surface area contributed by atoms with Gasteiger partial charge in [0.05, 0.1) is 11.2 Å². The number of aromatic nitrogens is 1. The number of carboxylic acids is 1. The van der Waals surface area contributed by atoms with Crippen LogP contribution < -0.4 is 10.9 Å². The molecule has 2 heterocycles. The summed E-state index contributed by atoms with van der Waals surface area (Å²) >= 11 is 4.09. The molecule has 1 fully saturated rings. The quantitative estimate of drug-likeness (QED) is 0.503. The fourth-order valence-electron chi connectivity index (χ4n) is 1.91. The Kier molecular flexibility index (Phi) is 4.36. The van der Waals surface area contributed by atoms with Crippen molar-refractivity contribution in [2.24, 2.45) is 0 Å². The van der Waals surface area contributed by atoms with Crippen molar-refractivity contribution < 1.29 is 15.0 Å². The third kappa shape index (κ3) is 3.63. The van der Waals surface area contributed by atoms with Crippen LogP contribution in [0.15, 0.2) is 34.1 Å². The maximum atomic E-state index is 11.4. The topological polar surface area (TPSA) is 102 Å². The van der Waals surface area contributed by atoms with E-state index in [0.29, 0.717) is 15.7 Å². The molecule has 21 heavy (non-hydrogen) atoms. The average Bonchev–Trinajstić information content (AvgIpc) is 2.38. The first-order valence-corrected chi connectivity index (χ1v) is 6.76. The van der Waals surface area contributed by atoms with Crippen molar-refractivity contribution in [2.75, 3.05) is 13.1 Å². The molecular weight excluding hydrogens is 292 g/mol. The number of nitrogens with one attached hydrogen (secondary N) is 2. The third-order valence-electron chi connectivity index (χ3n) is 3.13. The van der Waals surface area contributed by atoms with Gasteiger partial charge in [0, 0.05) is 35.0 Å². The standard InChI is InChI=1S/C10H7NO3S.C4H9NO/c12-9-7-3-5(15)1-2-6(7)8(4-11-9)10(13)14;1-4(6)2-5-3-4/h1-4,15H,(H,11,12)(H,13,14);5-6H,2-3H2,1H3. The van der Waals surface area contributed by atoms with Crippen molar-refractivity contribution >= 4 is 29.4 Å². The molecule has 1 aromatic carbocycles. The lowest BCUT2D eigenvalue weighted by Crippen LogP contribution is -2.57. The summed E-state index contributed by atoms with van der Waals surface area (Å²) < 4.78 is 0. The second-order valence-corrected chi connectivity index (χ2v) is 5.68. The minimum Gasteiger partial charge on any atom is -0.478 e. The lowest BCUT2D eigenvalue weighted by atomic mass is 10.0. The maximum absolute atomic E-state index is 11.4. The molecule has 112 valence electrons. The Hall–Kier alpha value is -1.83. The first-order valence-electron chi connectivity index (χ1n) is 6.31. The molecule has 0 unspecified atom stereocenters. The van der Waals surface area contributed by atoms with E-state index in [4.69, 9.17) is 10.2 Å². The van der Waals surface area contributed by atoms with E-state index in [1.165, 1.54) is 6.20 Å². The minimum atomic E-state index is -1.07. The zero-order chi connectivity index (χ0) is 15.6. The van der Waals surface area contributed by atoms with E-state index < -0.39 is 5.97 Å². The van der Waals surface area contributed by atoms with Gasteiger partial charge in [-0.1, -0.05) is 6.07 Å². The Bertz CT molecular complexity index is 733. The highest BCUT2D eigenvalue weighted by Gasteiger charge is 2.27. The van der Waals surface area contributed by atoms with E-state index in [1.807, 2.05) is 6.92 Å². The number of carbonyl (C=O) groups is 1. The van der Waals surface area contributed by atoms with E-state index in [2.05, 4.69) is 22.9 Å². The highest BCUT2D eigenvalue weighted by atomic mass is 32.1. The number of hydrogen-bond acceptors (Lipinski definition) is 5. The highest BCUT2D eigenvalue weighted by molar-refractivity contribution is 7.80. The van der Waals surface area contributed by atoms with Crippen molar-refractivity contribution in [1.29, 1.82) is 0 Å². The van der Waals surface area contributed by atoms with Crippen LogP contribution in [0.3, 0.4) is 0 Å². The molecule has 0 aliphatic carbocycles. The monoisotopic (exact) mass is 308 g/mol. The Morgan fingerprint density at radius 2 is 1.95 bits per heavy atom. The number of rotatable bonds is 1. The molecule has 1 aliphatic rings. The molecule has 6 nitrogen and oxygen atoms in total. The van der Waals surface area contributed by atoms with Crippen LogP contribution in [-0.2, 0) is 0 Å². The summed E-state index contributed by atoms with van der Waals surface area (Å²) in [5, 5.41) is 21.5. The number of aliphatic hydroxyl groups is 1. The first kappa shape index (κ1) is 15.6. The van der Waals surface area contributed by atoms with Gasteiger partial charge < -0.3 is 20.5 Å². The van der Waals surface area contributed by atoms with Crippen LogP contribution >= 0.6 is 12.6 Å². The minimum absolute atomic E-state index is 0.0814. The van der Waals surface area contributed by atoms with Crippen molar-refractivity contribution in [3.8, 4) is 0 Å². The fraction of sp³-hybridized carbons (Fsp3) is 0.286. The average molecular weight is 308 g/mol. The highest BCUT2D eigenvalue weighted by Crippen LogP contribution is 2.18. The Morgan fingerprint density at radius 1 is 1.33 bits per heavy atom. The largest absolute Gasteiger partial charge is 0.478 e. The number of aromatic carboxylic acids is 1. The molecule has 0 amide bonds. The van der Waals surface area contributed by atoms with Crippen LogP contribution in [0.4, 0.5) is 0 Å². The number of thiol groups is 1. The number of pyridine rings is 1. The van der Waals surface area contributed by atoms with Crippen LogP contribution in [-0.4, -0.2) is 39.9 Å². The number of hydrogen-bond donors (Lipinski definition) is 5. The molecule has 1 aliphatic heterocycles.